The summed E-state index contributed by atoms with van der Waals surface area (Å²) in [5.74, 6) is 0.0135. The number of benzene rings is 1. The van der Waals surface area contributed by atoms with Crippen LogP contribution in [0.4, 0.5) is 5.82 Å². The van der Waals surface area contributed by atoms with Crippen LogP contribution in [-0.2, 0) is 67.0 Å². The summed E-state index contributed by atoms with van der Waals surface area (Å²) in [7, 11) is 0. The van der Waals surface area contributed by atoms with Gasteiger partial charge in [0.2, 0.25) is 11.8 Å². The third-order valence-corrected chi connectivity index (χ3v) is 9.98. The van der Waals surface area contributed by atoms with E-state index in [9.17, 15) is 9.59 Å². The molecule has 0 fully saturated rings. The predicted molar refractivity (Wildman–Crippen MR) is 231 cm³/mol. The average Bonchev–Trinajstić information content (AvgIpc) is 3.93. The van der Waals surface area contributed by atoms with Crippen molar-refractivity contribution in [2.45, 2.75) is 25.9 Å². The number of nitrogens with zero attached hydrogens (tertiary/aromatic N) is 6. The molecule has 0 bridgehead atoms. The van der Waals surface area contributed by atoms with Crippen molar-refractivity contribution in [2.75, 3.05) is 131 Å². The molecule has 2 amide bonds. The van der Waals surface area contributed by atoms with E-state index in [0.717, 1.165) is 34.1 Å². The molecule has 1 aliphatic rings. The molecule has 6 rings (SSSR count). The fourth-order valence-electron chi connectivity index (χ4n) is 6.78. The van der Waals surface area contributed by atoms with Gasteiger partial charge in [-0.2, -0.15) is 5.10 Å². The summed E-state index contributed by atoms with van der Waals surface area (Å²) in [6.07, 6.45) is 6.17. The van der Waals surface area contributed by atoms with E-state index in [2.05, 4.69) is 43.5 Å². The number of fused-ring (bicyclic) bond motifs is 3. The lowest BCUT2D eigenvalue weighted by molar-refractivity contribution is -0.133. The molecule has 20 heteroatoms. The number of hydrogen-bond donors (Lipinski definition) is 4. The summed E-state index contributed by atoms with van der Waals surface area (Å²) in [4.78, 5) is 42.2. The van der Waals surface area contributed by atoms with E-state index in [1.807, 2.05) is 27.9 Å². The fourth-order valence-corrected chi connectivity index (χ4v) is 6.78. The number of hydrogen-bond acceptors (Lipinski definition) is 16. The minimum absolute atomic E-state index is 0.0707. The first-order valence-corrected chi connectivity index (χ1v) is 21.3. The van der Waals surface area contributed by atoms with Crippen LogP contribution >= 0.6 is 0 Å². The molecule has 1 aromatic carbocycles. The first-order valence-electron chi connectivity index (χ1n) is 21.3. The molecule has 0 unspecified atom stereocenters. The Bertz CT molecular complexity index is 2150. The first-order chi connectivity index (χ1) is 31.0. The summed E-state index contributed by atoms with van der Waals surface area (Å²) in [6, 6.07) is 10.4. The number of nitrogens with two attached hydrogens (primary N) is 1. The number of nitrogen functional groups attached to an aromatic ring is 1. The van der Waals surface area contributed by atoms with Gasteiger partial charge in [0, 0.05) is 43.0 Å². The van der Waals surface area contributed by atoms with E-state index in [1.165, 1.54) is 11.9 Å². The number of aliphatic hydroxyl groups excluding tert-OH is 1. The molecule has 1 aliphatic heterocycles. The highest BCUT2D eigenvalue weighted by molar-refractivity contribution is 5.99. The van der Waals surface area contributed by atoms with Crippen LogP contribution in [0.15, 0.2) is 49.1 Å². The van der Waals surface area contributed by atoms with E-state index in [0.29, 0.717) is 161 Å². The highest BCUT2D eigenvalue weighted by Crippen LogP contribution is 2.32. The SMILES string of the molecule is Nc1ncnc2c1c(-c1cnc3[nH]ccc3c1)nn2Cc1ccc2c(c1)CCN(C(=O)CCOCCOCCOCCOCCOCCOCCOCCOCCNC(=O)CO)C2. The molecule has 4 aromatic heterocycles. The van der Waals surface area contributed by atoms with Gasteiger partial charge in [0.25, 0.3) is 0 Å². The molecule has 0 atom stereocenters. The third-order valence-electron chi connectivity index (χ3n) is 9.98. The van der Waals surface area contributed by atoms with Crippen molar-refractivity contribution in [3.8, 4) is 11.3 Å². The molecule has 0 saturated heterocycles. The van der Waals surface area contributed by atoms with Crippen molar-refractivity contribution >= 4 is 39.7 Å². The first kappa shape index (κ1) is 47.3. The van der Waals surface area contributed by atoms with Gasteiger partial charge < -0.3 is 63.9 Å². The normalized spacial score (nSPS) is 12.7. The smallest absolute Gasteiger partial charge is 0.245 e. The number of rotatable bonds is 31. The Hall–Kier alpha value is -5.16. The number of H-pyrrole nitrogens is 1. The second kappa shape index (κ2) is 26.5. The van der Waals surface area contributed by atoms with Crippen LogP contribution in [0.5, 0.6) is 0 Å². The Balaban J connectivity index is 0.740. The van der Waals surface area contributed by atoms with Gasteiger partial charge in [-0.15, -0.1) is 0 Å². The third kappa shape index (κ3) is 15.3. The molecule has 20 nitrogen and oxygen atoms in total. The quantitative estimate of drug-likeness (QED) is 0.0462. The maximum atomic E-state index is 13.0. The largest absolute Gasteiger partial charge is 0.387 e. The van der Waals surface area contributed by atoms with Crippen LogP contribution in [0.3, 0.4) is 0 Å². The fraction of sp³-hybridized carbons (Fsp3) is 0.535. The van der Waals surface area contributed by atoms with Crippen molar-refractivity contribution in [3.05, 3.63) is 65.7 Å². The number of carbonyl (C=O) groups is 2. The van der Waals surface area contributed by atoms with E-state index in [4.69, 9.17) is 53.8 Å². The van der Waals surface area contributed by atoms with Gasteiger partial charge in [0.15, 0.2) is 5.65 Å². The Labute approximate surface area is 365 Å². The molecule has 0 radical (unpaired) electrons. The molecular weight excluding hydrogens is 819 g/mol. The molecule has 0 spiro atoms. The summed E-state index contributed by atoms with van der Waals surface area (Å²) in [6.45, 7) is 8.47. The second-order valence-corrected chi connectivity index (χ2v) is 14.4. The lowest BCUT2D eigenvalue weighted by Crippen LogP contribution is -2.36. The minimum atomic E-state index is -0.525. The molecule has 5 heterocycles. The zero-order chi connectivity index (χ0) is 43.9. The molecular formula is C43H59N9O11. The minimum Gasteiger partial charge on any atom is -0.387 e. The van der Waals surface area contributed by atoms with Crippen LogP contribution in [-0.4, -0.2) is 177 Å². The monoisotopic (exact) mass is 877 g/mol. The number of aromatic nitrogens is 6. The number of pyridine rings is 1. The van der Waals surface area contributed by atoms with Crippen molar-refractivity contribution in [1.82, 2.24) is 39.9 Å². The Morgan fingerprint density at radius 2 is 1.37 bits per heavy atom. The van der Waals surface area contributed by atoms with E-state index < -0.39 is 12.5 Å². The van der Waals surface area contributed by atoms with Crippen LogP contribution < -0.4 is 11.1 Å². The van der Waals surface area contributed by atoms with Crippen molar-refractivity contribution < 1.29 is 52.6 Å². The number of aromatic amines is 1. The van der Waals surface area contributed by atoms with Gasteiger partial charge >= 0.3 is 0 Å². The summed E-state index contributed by atoms with van der Waals surface area (Å²) >= 11 is 0. The topological polar surface area (TPSA) is 242 Å². The highest BCUT2D eigenvalue weighted by atomic mass is 16.6. The zero-order valence-corrected chi connectivity index (χ0v) is 35.7. The molecule has 5 aromatic rings. The summed E-state index contributed by atoms with van der Waals surface area (Å²) < 4.78 is 45.8. The number of aliphatic hydroxyl groups is 1. The zero-order valence-electron chi connectivity index (χ0n) is 35.7. The molecule has 63 heavy (non-hydrogen) atoms. The summed E-state index contributed by atoms with van der Waals surface area (Å²) in [5, 5.41) is 17.7. The number of amides is 2. The van der Waals surface area contributed by atoms with Gasteiger partial charge in [0.05, 0.1) is 124 Å². The van der Waals surface area contributed by atoms with Crippen molar-refractivity contribution in [3.63, 3.8) is 0 Å². The van der Waals surface area contributed by atoms with Gasteiger partial charge in [-0.25, -0.2) is 19.6 Å². The van der Waals surface area contributed by atoms with Gasteiger partial charge in [-0.05, 0) is 35.2 Å². The Kier molecular flexibility index (Phi) is 19.9. The van der Waals surface area contributed by atoms with E-state index in [-0.39, 0.29) is 5.91 Å². The maximum absolute atomic E-state index is 13.0. The van der Waals surface area contributed by atoms with Gasteiger partial charge in [-0.1, -0.05) is 18.2 Å². The molecule has 0 aliphatic carbocycles. The van der Waals surface area contributed by atoms with Crippen molar-refractivity contribution in [1.29, 1.82) is 0 Å². The maximum Gasteiger partial charge on any atom is 0.245 e. The highest BCUT2D eigenvalue weighted by Gasteiger charge is 2.22. The van der Waals surface area contributed by atoms with Crippen LogP contribution in [0.1, 0.15) is 23.1 Å². The van der Waals surface area contributed by atoms with Gasteiger partial charge in [-0.3, -0.25) is 9.59 Å². The second-order valence-electron chi connectivity index (χ2n) is 14.4. The van der Waals surface area contributed by atoms with Crippen molar-refractivity contribution in [2.24, 2.45) is 0 Å². The molecule has 5 N–H and O–H groups in total. The number of carbonyl (C=O) groups excluding carboxylic acids is 2. The predicted octanol–water partition coefficient (Wildman–Crippen LogP) is 1.52. The van der Waals surface area contributed by atoms with Crippen LogP contribution in [0.2, 0.25) is 0 Å². The summed E-state index contributed by atoms with van der Waals surface area (Å²) in [5.41, 5.74) is 12.8. The van der Waals surface area contributed by atoms with Crippen LogP contribution in [0, 0.1) is 0 Å². The van der Waals surface area contributed by atoms with E-state index >= 15 is 0 Å². The number of anilines is 1. The number of nitrogens with one attached hydrogen (secondary N) is 2. The standard InChI is InChI=1S/C43H59N9O11/c44-41-39-40(36-26-34-3-6-46-42(34)47-27-36)50-52(43(39)49-31-48-41)28-32-1-2-35-29-51(8-4-33(35)25-32)38(55)5-9-56-11-13-58-15-17-60-19-21-62-23-24-63-22-20-61-18-16-59-14-12-57-10-7-45-37(54)30-53/h1-3,6,25-27,31,53H,4-5,7-24,28-30H2,(H,45,54)(H,46,47)(H2,44,48,49). The van der Waals surface area contributed by atoms with Gasteiger partial charge in [0.1, 0.15) is 30.1 Å². The Morgan fingerprint density at radius 1 is 0.746 bits per heavy atom. The average molecular weight is 878 g/mol. The molecule has 342 valence electrons. The lowest BCUT2D eigenvalue weighted by Gasteiger charge is -2.29. The number of ether oxygens (including phenoxy) is 8. The lowest BCUT2D eigenvalue weighted by atomic mass is 9.97. The van der Waals surface area contributed by atoms with E-state index in [1.54, 1.807) is 6.20 Å². The Morgan fingerprint density at radius 3 is 2.00 bits per heavy atom. The molecule has 0 saturated carbocycles. The van der Waals surface area contributed by atoms with Crippen LogP contribution in [0.25, 0.3) is 33.3 Å².